The minimum Gasteiger partial charge on any atom is -0.341 e. The molecule has 3 aromatic rings. The Morgan fingerprint density at radius 1 is 1.19 bits per heavy atom. The molecular formula is C17H20N8O. The second-order valence-electron chi connectivity index (χ2n) is 6.48. The van der Waals surface area contributed by atoms with Crippen LogP contribution in [-0.4, -0.2) is 47.6 Å². The summed E-state index contributed by atoms with van der Waals surface area (Å²) in [5.41, 5.74) is 0.871. The molecule has 0 N–H and O–H groups in total. The van der Waals surface area contributed by atoms with Crippen LogP contribution in [-0.2, 0) is 6.54 Å². The first-order valence-corrected chi connectivity index (χ1v) is 8.67. The van der Waals surface area contributed by atoms with Gasteiger partial charge in [0.25, 0.3) is 5.56 Å². The number of hydrogen-bond donors (Lipinski definition) is 0. The topological polar surface area (TPSA) is 94.6 Å². The maximum absolute atomic E-state index is 12.2. The van der Waals surface area contributed by atoms with Crippen LogP contribution in [0.4, 0.5) is 5.95 Å². The van der Waals surface area contributed by atoms with Crippen LogP contribution in [0.5, 0.6) is 0 Å². The van der Waals surface area contributed by atoms with Crippen molar-refractivity contribution in [2.75, 3.05) is 18.0 Å². The van der Waals surface area contributed by atoms with E-state index in [0.29, 0.717) is 18.3 Å². The van der Waals surface area contributed by atoms with Crippen LogP contribution in [0.25, 0.3) is 5.82 Å². The first-order chi connectivity index (χ1) is 12.7. The third-order valence-corrected chi connectivity index (χ3v) is 4.62. The van der Waals surface area contributed by atoms with E-state index in [2.05, 4.69) is 30.0 Å². The number of aromatic nitrogens is 7. The first-order valence-electron chi connectivity index (χ1n) is 8.67. The number of rotatable bonds is 4. The van der Waals surface area contributed by atoms with Gasteiger partial charge in [0.05, 0.1) is 0 Å². The highest BCUT2D eigenvalue weighted by molar-refractivity contribution is 5.30. The third-order valence-electron chi connectivity index (χ3n) is 4.62. The molecule has 3 aromatic heterocycles. The predicted octanol–water partition coefficient (Wildman–Crippen LogP) is 0.839. The van der Waals surface area contributed by atoms with Gasteiger partial charge in [0.2, 0.25) is 5.95 Å². The number of aryl methyl sites for hydroxylation is 1. The fourth-order valence-electron chi connectivity index (χ4n) is 3.17. The summed E-state index contributed by atoms with van der Waals surface area (Å²) in [7, 11) is 0. The molecule has 4 heterocycles. The van der Waals surface area contributed by atoms with Gasteiger partial charge in [-0.3, -0.25) is 4.79 Å². The Morgan fingerprint density at radius 2 is 2.04 bits per heavy atom. The van der Waals surface area contributed by atoms with Crippen molar-refractivity contribution in [1.29, 1.82) is 0 Å². The Bertz CT molecular complexity index is 928. The van der Waals surface area contributed by atoms with Gasteiger partial charge >= 0.3 is 0 Å². The summed E-state index contributed by atoms with van der Waals surface area (Å²) < 4.78 is 3.08. The standard InChI is InChI=1S/C17H20N8O/c1-13-4-7-19-17(21-13)23-8-5-14(6-9-23)10-24-16(26)3-2-15(22-24)25-12-18-11-20-25/h2-4,7,11-12,14H,5-6,8-10H2,1H3. The minimum absolute atomic E-state index is 0.0988. The Hall–Kier alpha value is -3.10. The Morgan fingerprint density at radius 3 is 2.77 bits per heavy atom. The normalized spacial score (nSPS) is 15.3. The summed E-state index contributed by atoms with van der Waals surface area (Å²) in [6, 6.07) is 5.08. The Kier molecular flexibility index (Phi) is 4.42. The molecule has 9 nitrogen and oxygen atoms in total. The maximum atomic E-state index is 12.2. The fraction of sp³-hybridized carbons (Fsp3) is 0.412. The van der Waals surface area contributed by atoms with E-state index in [9.17, 15) is 4.79 Å². The zero-order valence-corrected chi connectivity index (χ0v) is 14.6. The average molecular weight is 352 g/mol. The van der Waals surface area contributed by atoms with Crippen molar-refractivity contribution >= 4 is 5.95 Å². The number of hydrogen-bond acceptors (Lipinski definition) is 7. The van der Waals surface area contributed by atoms with Crippen molar-refractivity contribution < 1.29 is 0 Å². The van der Waals surface area contributed by atoms with Crippen LogP contribution in [0.15, 0.2) is 41.8 Å². The van der Waals surface area contributed by atoms with Crippen molar-refractivity contribution in [2.24, 2.45) is 5.92 Å². The molecule has 4 rings (SSSR count). The second kappa shape index (κ2) is 7.03. The van der Waals surface area contributed by atoms with Crippen LogP contribution in [0.3, 0.4) is 0 Å². The molecule has 0 atom stereocenters. The molecule has 9 heteroatoms. The van der Waals surface area contributed by atoms with Crippen molar-refractivity contribution in [2.45, 2.75) is 26.3 Å². The average Bonchev–Trinajstić information content (AvgIpc) is 3.19. The van der Waals surface area contributed by atoms with Crippen LogP contribution < -0.4 is 10.5 Å². The highest BCUT2D eigenvalue weighted by Gasteiger charge is 2.22. The van der Waals surface area contributed by atoms with Gasteiger partial charge < -0.3 is 4.90 Å². The smallest absolute Gasteiger partial charge is 0.266 e. The van der Waals surface area contributed by atoms with Gasteiger partial charge in [-0.25, -0.2) is 24.3 Å². The van der Waals surface area contributed by atoms with Gasteiger partial charge in [-0.05, 0) is 37.8 Å². The van der Waals surface area contributed by atoms with Gasteiger partial charge in [0.1, 0.15) is 12.7 Å². The van der Waals surface area contributed by atoms with Crippen LogP contribution >= 0.6 is 0 Å². The summed E-state index contributed by atoms with van der Waals surface area (Å²) in [5.74, 6) is 1.77. The third kappa shape index (κ3) is 3.46. The molecule has 1 fully saturated rings. The van der Waals surface area contributed by atoms with E-state index in [1.54, 1.807) is 23.3 Å². The van der Waals surface area contributed by atoms with Gasteiger partial charge in [0, 0.05) is 37.6 Å². The van der Waals surface area contributed by atoms with E-state index >= 15 is 0 Å². The molecule has 0 aromatic carbocycles. The fourth-order valence-corrected chi connectivity index (χ4v) is 3.17. The summed E-state index contributed by atoms with van der Waals surface area (Å²) in [6.45, 7) is 4.33. The molecule has 0 bridgehead atoms. The summed E-state index contributed by atoms with van der Waals surface area (Å²) in [6.07, 6.45) is 6.75. The van der Waals surface area contributed by atoms with Crippen molar-refractivity contribution in [3.8, 4) is 5.82 Å². The highest BCUT2D eigenvalue weighted by atomic mass is 16.1. The molecule has 0 aliphatic carbocycles. The number of piperidine rings is 1. The lowest BCUT2D eigenvalue weighted by atomic mass is 9.97. The largest absolute Gasteiger partial charge is 0.341 e. The second-order valence-corrected chi connectivity index (χ2v) is 6.48. The Labute approximate surface area is 150 Å². The van der Waals surface area contributed by atoms with Crippen LogP contribution in [0.1, 0.15) is 18.5 Å². The van der Waals surface area contributed by atoms with Gasteiger partial charge in [-0.1, -0.05) is 0 Å². The van der Waals surface area contributed by atoms with E-state index in [0.717, 1.165) is 37.6 Å². The quantitative estimate of drug-likeness (QED) is 0.686. The highest BCUT2D eigenvalue weighted by Crippen LogP contribution is 2.21. The molecule has 0 amide bonds. The van der Waals surface area contributed by atoms with Crippen molar-refractivity contribution in [3.63, 3.8) is 0 Å². The van der Waals surface area contributed by atoms with Crippen molar-refractivity contribution in [1.82, 2.24) is 34.5 Å². The van der Waals surface area contributed by atoms with E-state index in [-0.39, 0.29) is 5.56 Å². The molecule has 0 radical (unpaired) electrons. The summed E-state index contributed by atoms with van der Waals surface area (Å²) >= 11 is 0. The molecule has 1 aliphatic heterocycles. The zero-order valence-electron chi connectivity index (χ0n) is 14.6. The van der Waals surface area contributed by atoms with Gasteiger partial charge in [0.15, 0.2) is 5.82 Å². The lowest BCUT2D eigenvalue weighted by Gasteiger charge is -2.32. The van der Waals surface area contributed by atoms with Gasteiger partial charge in [-0.15, -0.1) is 5.10 Å². The lowest BCUT2D eigenvalue weighted by molar-refractivity contribution is 0.332. The van der Waals surface area contributed by atoms with E-state index in [1.165, 1.54) is 17.1 Å². The predicted molar refractivity (Wildman–Crippen MR) is 95.1 cm³/mol. The van der Waals surface area contributed by atoms with Crippen molar-refractivity contribution in [3.05, 3.63) is 53.1 Å². The molecule has 1 saturated heterocycles. The first kappa shape index (κ1) is 16.4. The van der Waals surface area contributed by atoms with Crippen LogP contribution in [0.2, 0.25) is 0 Å². The van der Waals surface area contributed by atoms with E-state index in [1.807, 2.05) is 13.0 Å². The van der Waals surface area contributed by atoms with Gasteiger partial charge in [-0.2, -0.15) is 5.10 Å². The number of anilines is 1. The molecule has 0 spiro atoms. The molecule has 26 heavy (non-hydrogen) atoms. The minimum atomic E-state index is -0.0988. The molecule has 0 saturated carbocycles. The summed E-state index contributed by atoms with van der Waals surface area (Å²) in [4.78, 5) is 27.1. The molecule has 0 unspecified atom stereocenters. The number of nitrogens with zero attached hydrogens (tertiary/aromatic N) is 8. The zero-order chi connectivity index (χ0) is 17.9. The molecule has 134 valence electrons. The van der Waals surface area contributed by atoms with E-state index < -0.39 is 0 Å². The van der Waals surface area contributed by atoms with E-state index in [4.69, 9.17) is 0 Å². The monoisotopic (exact) mass is 352 g/mol. The molecular weight excluding hydrogens is 332 g/mol. The SMILES string of the molecule is Cc1ccnc(N2CCC(Cn3nc(-n4cncn4)ccc3=O)CC2)n1. The lowest BCUT2D eigenvalue weighted by Crippen LogP contribution is -2.37. The van der Waals surface area contributed by atoms with Crippen LogP contribution in [0, 0.1) is 12.8 Å². The molecule has 1 aliphatic rings. The maximum Gasteiger partial charge on any atom is 0.266 e. The Balaban J connectivity index is 1.43. The summed E-state index contributed by atoms with van der Waals surface area (Å²) in [5, 5.41) is 8.49.